The Bertz CT molecular complexity index is 645. The van der Waals surface area contributed by atoms with Gasteiger partial charge in [0, 0.05) is 18.9 Å². The molecule has 2 aromatic rings. The van der Waals surface area contributed by atoms with Crippen molar-refractivity contribution >= 4 is 11.6 Å². The molecule has 5 heteroatoms. The smallest absolute Gasteiger partial charge is 0.273 e. The van der Waals surface area contributed by atoms with E-state index in [2.05, 4.69) is 10.4 Å². The molecule has 1 aromatic heterocycles. The fourth-order valence-electron chi connectivity index (χ4n) is 2.09. The van der Waals surface area contributed by atoms with Crippen molar-refractivity contribution in [2.75, 3.05) is 5.32 Å². The maximum absolute atomic E-state index is 12.2. The minimum atomic E-state index is -0.214. The number of amides is 1. The Hall–Kier alpha value is -2.30. The minimum Gasteiger partial charge on any atom is -0.508 e. The number of nitrogens with zero attached hydrogens (tertiary/aromatic N) is 2. The summed E-state index contributed by atoms with van der Waals surface area (Å²) in [7, 11) is 1.72. The third kappa shape index (κ3) is 2.66. The average Bonchev–Trinajstić information content (AvgIpc) is 2.78. The summed E-state index contributed by atoms with van der Waals surface area (Å²) in [5.74, 6) is 0.229. The van der Waals surface area contributed by atoms with Crippen LogP contribution in [0.25, 0.3) is 0 Å². The quantitative estimate of drug-likeness (QED) is 0.845. The number of aromatic hydroxyl groups is 1. The molecule has 2 rings (SSSR count). The summed E-state index contributed by atoms with van der Waals surface area (Å²) in [6.07, 6.45) is 1.58. The maximum Gasteiger partial charge on any atom is 0.273 e. The predicted molar refractivity (Wildman–Crippen MR) is 78.1 cm³/mol. The summed E-state index contributed by atoms with van der Waals surface area (Å²) in [5, 5.41) is 16.8. The molecule has 2 N–H and O–H groups in total. The fourth-order valence-corrected chi connectivity index (χ4v) is 2.09. The first-order valence-corrected chi connectivity index (χ1v) is 6.53. The highest BCUT2D eigenvalue weighted by Gasteiger charge is 2.14. The van der Waals surface area contributed by atoms with Crippen molar-refractivity contribution in [2.24, 2.45) is 7.05 Å². The summed E-state index contributed by atoms with van der Waals surface area (Å²) in [6, 6.07) is 5.16. The van der Waals surface area contributed by atoms with Crippen LogP contribution < -0.4 is 5.32 Å². The normalized spacial score (nSPS) is 10.8. The Labute approximate surface area is 118 Å². The van der Waals surface area contributed by atoms with E-state index in [0.29, 0.717) is 11.4 Å². The van der Waals surface area contributed by atoms with Crippen molar-refractivity contribution in [1.82, 2.24) is 9.78 Å². The summed E-state index contributed by atoms with van der Waals surface area (Å²) >= 11 is 0. The summed E-state index contributed by atoms with van der Waals surface area (Å²) in [6.45, 7) is 5.84. The van der Waals surface area contributed by atoms with Crippen molar-refractivity contribution in [1.29, 1.82) is 0 Å². The van der Waals surface area contributed by atoms with Gasteiger partial charge in [0.2, 0.25) is 0 Å². The van der Waals surface area contributed by atoms with Crippen molar-refractivity contribution in [3.63, 3.8) is 0 Å². The number of carbonyl (C=O) groups is 1. The van der Waals surface area contributed by atoms with Crippen LogP contribution >= 0.6 is 0 Å². The van der Waals surface area contributed by atoms with Gasteiger partial charge in [0.15, 0.2) is 0 Å². The highest BCUT2D eigenvalue weighted by molar-refractivity contribution is 6.03. The lowest BCUT2D eigenvalue weighted by Gasteiger charge is -2.14. The van der Waals surface area contributed by atoms with E-state index in [-0.39, 0.29) is 17.6 Å². The first-order chi connectivity index (χ1) is 9.40. The fraction of sp³-hybridized carbons (Fsp3) is 0.333. The number of phenols is 1. The maximum atomic E-state index is 12.2. The molecule has 0 spiro atoms. The lowest BCUT2D eigenvalue weighted by atomic mass is 9.99. The van der Waals surface area contributed by atoms with Crippen LogP contribution in [0, 0.1) is 6.92 Å². The van der Waals surface area contributed by atoms with Gasteiger partial charge in [0.1, 0.15) is 11.4 Å². The number of aryl methyl sites for hydroxylation is 2. The van der Waals surface area contributed by atoms with Gasteiger partial charge in [-0.1, -0.05) is 13.8 Å². The van der Waals surface area contributed by atoms with E-state index in [0.717, 1.165) is 11.1 Å². The van der Waals surface area contributed by atoms with Gasteiger partial charge < -0.3 is 10.4 Å². The standard InChI is InChI=1S/C15H19N3O2/c1-9(2)11-8-12(10(3)7-14(11)19)17-15(20)13-5-6-16-18(13)4/h5-9,19H,1-4H3,(H,17,20). The van der Waals surface area contributed by atoms with Crippen LogP contribution in [-0.2, 0) is 7.05 Å². The third-order valence-electron chi connectivity index (χ3n) is 3.30. The number of aromatic nitrogens is 2. The zero-order valence-corrected chi connectivity index (χ0v) is 12.1. The van der Waals surface area contributed by atoms with Gasteiger partial charge in [-0.3, -0.25) is 9.48 Å². The van der Waals surface area contributed by atoms with Gasteiger partial charge >= 0.3 is 0 Å². The third-order valence-corrected chi connectivity index (χ3v) is 3.30. The van der Waals surface area contributed by atoms with E-state index in [1.165, 1.54) is 4.68 Å². The van der Waals surface area contributed by atoms with Crippen LogP contribution in [0.3, 0.4) is 0 Å². The van der Waals surface area contributed by atoms with E-state index in [1.807, 2.05) is 26.8 Å². The number of phenolic OH excluding ortho intramolecular Hbond substituents is 1. The SMILES string of the molecule is Cc1cc(O)c(C(C)C)cc1NC(=O)c1ccnn1C. The van der Waals surface area contributed by atoms with Crippen LogP contribution in [0.5, 0.6) is 5.75 Å². The molecule has 1 aromatic carbocycles. The molecular weight excluding hydrogens is 254 g/mol. The topological polar surface area (TPSA) is 67.2 Å². The molecule has 20 heavy (non-hydrogen) atoms. The molecule has 0 radical (unpaired) electrons. The number of anilines is 1. The highest BCUT2D eigenvalue weighted by Crippen LogP contribution is 2.31. The molecular formula is C15H19N3O2. The Morgan fingerprint density at radius 3 is 2.65 bits per heavy atom. The van der Waals surface area contributed by atoms with E-state index < -0.39 is 0 Å². The molecule has 0 aliphatic rings. The first-order valence-electron chi connectivity index (χ1n) is 6.53. The molecule has 5 nitrogen and oxygen atoms in total. The van der Waals surface area contributed by atoms with Gasteiger partial charge in [-0.25, -0.2) is 0 Å². The molecule has 106 valence electrons. The summed E-state index contributed by atoms with van der Waals surface area (Å²) in [4.78, 5) is 12.2. The number of rotatable bonds is 3. The van der Waals surface area contributed by atoms with Gasteiger partial charge in [-0.2, -0.15) is 5.10 Å². The Balaban J connectivity index is 2.32. The van der Waals surface area contributed by atoms with E-state index >= 15 is 0 Å². The number of hydrogen-bond donors (Lipinski definition) is 2. The Kier molecular flexibility index (Phi) is 3.79. The minimum absolute atomic E-state index is 0.183. The largest absolute Gasteiger partial charge is 0.508 e. The lowest BCUT2D eigenvalue weighted by Crippen LogP contribution is -2.17. The second-order valence-corrected chi connectivity index (χ2v) is 5.17. The average molecular weight is 273 g/mol. The highest BCUT2D eigenvalue weighted by atomic mass is 16.3. The van der Waals surface area contributed by atoms with Crippen LogP contribution in [0.15, 0.2) is 24.4 Å². The molecule has 0 unspecified atom stereocenters. The molecule has 0 atom stereocenters. The second kappa shape index (κ2) is 5.36. The Morgan fingerprint density at radius 1 is 1.40 bits per heavy atom. The van der Waals surface area contributed by atoms with Crippen molar-refractivity contribution in [3.8, 4) is 5.75 Å². The van der Waals surface area contributed by atoms with Crippen molar-refractivity contribution in [2.45, 2.75) is 26.7 Å². The van der Waals surface area contributed by atoms with Crippen LogP contribution in [0.2, 0.25) is 0 Å². The van der Waals surface area contributed by atoms with Crippen molar-refractivity contribution in [3.05, 3.63) is 41.2 Å². The molecule has 0 saturated heterocycles. The van der Waals surface area contributed by atoms with Gasteiger partial charge in [0.25, 0.3) is 5.91 Å². The van der Waals surface area contributed by atoms with Crippen molar-refractivity contribution < 1.29 is 9.90 Å². The first kappa shape index (κ1) is 14.1. The predicted octanol–water partition coefficient (Wildman–Crippen LogP) is 2.81. The second-order valence-electron chi connectivity index (χ2n) is 5.17. The van der Waals surface area contributed by atoms with Gasteiger partial charge in [0.05, 0.1) is 0 Å². The van der Waals surface area contributed by atoms with Gasteiger partial charge in [-0.05, 0) is 42.2 Å². The van der Waals surface area contributed by atoms with Crippen LogP contribution in [0.4, 0.5) is 5.69 Å². The Morgan fingerprint density at radius 2 is 2.10 bits per heavy atom. The molecule has 0 fully saturated rings. The van der Waals surface area contributed by atoms with Crippen LogP contribution in [-0.4, -0.2) is 20.8 Å². The van der Waals surface area contributed by atoms with Gasteiger partial charge in [-0.15, -0.1) is 0 Å². The number of nitrogens with one attached hydrogen (secondary N) is 1. The van der Waals surface area contributed by atoms with E-state index in [9.17, 15) is 9.90 Å². The summed E-state index contributed by atoms with van der Waals surface area (Å²) in [5.41, 5.74) is 2.83. The van der Waals surface area contributed by atoms with Crippen LogP contribution in [0.1, 0.15) is 41.4 Å². The summed E-state index contributed by atoms with van der Waals surface area (Å²) < 4.78 is 1.52. The molecule has 1 heterocycles. The number of hydrogen-bond acceptors (Lipinski definition) is 3. The molecule has 0 bridgehead atoms. The monoisotopic (exact) mass is 273 g/mol. The molecule has 0 aliphatic heterocycles. The zero-order valence-electron chi connectivity index (χ0n) is 12.1. The number of benzene rings is 1. The lowest BCUT2D eigenvalue weighted by molar-refractivity contribution is 0.101. The molecule has 0 aliphatic carbocycles. The van der Waals surface area contributed by atoms with E-state index in [4.69, 9.17) is 0 Å². The molecule has 0 saturated carbocycles. The zero-order chi connectivity index (χ0) is 14.9. The number of carbonyl (C=O) groups excluding carboxylic acids is 1. The molecule has 1 amide bonds. The van der Waals surface area contributed by atoms with E-state index in [1.54, 1.807) is 25.4 Å².